The van der Waals surface area contributed by atoms with Crippen LogP contribution in [0.4, 0.5) is 9.18 Å². The van der Waals surface area contributed by atoms with Gasteiger partial charge in [-0.3, -0.25) is 10.1 Å². The van der Waals surface area contributed by atoms with Gasteiger partial charge in [0.1, 0.15) is 17.6 Å². The zero-order chi connectivity index (χ0) is 18.8. The van der Waals surface area contributed by atoms with Crippen LogP contribution in [0.15, 0.2) is 54.6 Å². The Bertz CT molecular complexity index is 708. The quantitative estimate of drug-likeness (QED) is 0.600. The van der Waals surface area contributed by atoms with E-state index in [0.29, 0.717) is 18.9 Å². The van der Waals surface area contributed by atoms with Crippen molar-refractivity contribution in [2.75, 3.05) is 13.2 Å². The van der Waals surface area contributed by atoms with E-state index in [0.717, 1.165) is 18.4 Å². The summed E-state index contributed by atoms with van der Waals surface area (Å²) in [4.78, 5) is 23.1. The van der Waals surface area contributed by atoms with E-state index in [-0.39, 0.29) is 5.82 Å². The zero-order valence-corrected chi connectivity index (χ0v) is 14.3. The van der Waals surface area contributed by atoms with E-state index in [9.17, 15) is 14.0 Å². The van der Waals surface area contributed by atoms with Gasteiger partial charge in [0.25, 0.3) is 0 Å². The van der Waals surface area contributed by atoms with Gasteiger partial charge < -0.3 is 15.8 Å². The topological polar surface area (TPSA) is 93.5 Å². The Kier molecular flexibility index (Phi) is 7.57. The fraction of sp³-hybridized carbons (Fsp3) is 0.263. The largest absolute Gasteiger partial charge is 0.494 e. The Labute approximate surface area is 151 Å². The Morgan fingerprint density at radius 1 is 1.04 bits per heavy atom. The first-order chi connectivity index (χ1) is 12.6. The highest BCUT2D eigenvalue weighted by atomic mass is 19.1. The zero-order valence-electron chi connectivity index (χ0n) is 14.3. The van der Waals surface area contributed by atoms with Crippen LogP contribution in [0.5, 0.6) is 5.75 Å². The van der Waals surface area contributed by atoms with E-state index < -0.39 is 18.0 Å². The summed E-state index contributed by atoms with van der Waals surface area (Å²) in [6.45, 7) is 1.04. The predicted octanol–water partition coefficient (Wildman–Crippen LogP) is 2.51. The number of halogens is 1. The van der Waals surface area contributed by atoms with Gasteiger partial charge in [0.05, 0.1) is 6.61 Å². The van der Waals surface area contributed by atoms with Crippen LogP contribution in [0.3, 0.4) is 0 Å². The van der Waals surface area contributed by atoms with Crippen LogP contribution >= 0.6 is 0 Å². The third-order valence-electron chi connectivity index (χ3n) is 3.64. The lowest BCUT2D eigenvalue weighted by Crippen LogP contribution is -2.43. The first-order valence-electron chi connectivity index (χ1n) is 8.33. The van der Waals surface area contributed by atoms with Gasteiger partial charge in [-0.05, 0) is 49.2 Å². The van der Waals surface area contributed by atoms with Crippen LogP contribution in [0.2, 0.25) is 0 Å². The second kappa shape index (κ2) is 10.1. The fourth-order valence-corrected chi connectivity index (χ4v) is 2.40. The molecule has 4 N–H and O–H groups in total. The van der Waals surface area contributed by atoms with Crippen LogP contribution < -0.4 is 21.1 Å². The average Bonchev–Trinajstić information content (AvgIpc) is 2.62. The number of hydrogen-bond acceptors (Lipinski definition) is 4. The van der Waals surface area contributed by atoms with Crippen molar-refractivity contribution in [1.29, 1.82) is 0 Å². The molecule has 0 saturated carbocycles. The predicted molar refractivity (Wildman–Crippen MR) is 96.0 cm³/mol. The molecule has 7 heteroatoms. The van der Waals surface area contributed by atoms with E-state index in [1.54, 1.807) is 24.3 Å². The molecule has 0 aliphatic rings. The van der Waals surface area contributed by atoms with Gasteiger partial charge in [0, 0.05) is 0 Å². The van der Waals surface area contributed by atoms with Crippen LogP contribution in [0.25, 0.3) is 0 Å². The number of amides is 3. The molecule has 1 atom stereocenters. The minimum absolute atomic E-state index is 0.303. The van der Waals surface area contributed by atoms with Crippen LogP contribution in [-0.2, 0) is 4.79 Å². The summed E-state index contributed by atoms with van der Waals surface area (Å²) in [5, 5.41) is 5.22. The van der Waals surface area contributed by atoms with E-state index in [1.807, 2.05) is 18.2 Å². The van der Waals surface area contributed by atoms with Crippen LogP contribution in [-0.4, -0.2) is 25.1 Å². The standard InChI is InChI=1S/C19H22FN3O3/c20-15-8-10-16(11-9-15)26-13-5-4-12-22-17(18(24)23-19(21)25)14-6-2-1-3-7-14/h1-3,6-11,17,22H,4-5,12-13H2,(H3,21,23,24,25)/t17-/m1/s1. The molecule has 0 radical (unpaired) electrons. The molecule has 3 amide bonds. The minimum atomic E-state index is -0.884. The summed E-state index contributed by atoms with van der Waals surface area (Å²) in [6, 6.07) is 13.4. The number of unbranched alkanes of at least 4 members (excludes halogenated alkanes) is 1. The van der Waals surface area contributed by atoms with E-state index >= 15 is 0 Å². The molecule has 0 aromatic heterocycles. The van der Waals surface area contributed by atoms with Gasteiger partial charge in [-0.25, -0.2) is 9.18 Å². The number of ether oxygens (including phenoxy) is 1. The Morgan fingerprint density at radius 2 is 1.73 bits per heavy atom. The van der Waals surface area contributed by atoms with Crippen molar-refractivity contribution in [3.05, 3.63) is 66.0 Å². The highest BCUT2D eigenvalue weighted by molar-refractivity contribution is 5.96. The molecular formula is C19H22FN3O3. The number of nitrogens with two attached hydrogens (primary N) is 1. The Hall–Kier alpha value is -2.93. The maximum absolute atomic E-state index is 12.8. The molecule has 0 heterocycles. The van der Waals surface area contributed by atoms with Gasteiger partial charge in [0.2, 0.25) is 5.91 Å². The molecule has 0 aliphatic carbocycles. The molecule has 0 saturated heterocycles. The molecule has 138 valence electrons. The van der Waals surface area contributed by atoms with Gasteiger partial charge >= 0.3 is 6.03 Å². The van der Waals surface area contributed by atoms with Crippen molar-refractivity contribution in [1.82, 2.24) is 10.6 Å². The highest BCUT2D eigenvalue weighted by Gasteiger charge is 2.20. The number of imide groups is 1. The van der Waals surface area contributed by atoms with Crippen molar-refractivity contribution in [2.45, 2.75) is 18.9 Å². The Balaban J connectivity index is 1.77. The van der Waals surface area contributed by atoms with Crippen molar-refractivity contribution in [3.63, 3.8) is 0 Å². The summed E-state index contributed by atoms with van der Waals surface area (Å²) < 4.78 is 18.3. The monoisotopic (exact) mass is 359 g/mol. The smallest absolute Gasteiger partial charge is 0.318 e. The second-order valence-electron chi connectivity index (χ2n) is 5.66. The molecular weight excluding hydrogens is 337 g/mol. The lowest BCUT2D eigenvalue weighted by Gasteiger charge is -2.18. The number of urea groups is 1. The third-order valence-corrected chi connectivity index (χ3v) is 3.64. The molecule has 26 heavy (non-hydrogen) atoms. The lowest BCUT2D eigenvalue weighted by atomic mass is 10.1. The molecule has 0 spiro atoms. The van der Waals surface area contributed by atoms with E-state index in [2.05, 4.69) is 10.6 Å². The molecule has 6 nitrogen and oxygen atoms in total. The maximum Gasteiger partial charge on any atom is 0.318 e. The van der Waals surface area contributed by atoms with Crippen LogP contribution in [0, 0.1) is 5.82 Å². The third kappa shape index (κ3) is 6.52. The van der Waals surface area contributed by atoms with Crippen molar-refractivity contribution in [2.24, 2.45) is 5.73 Å². The van der Waals surface area contributed by atoms with Gasteiger partial charge in [-0.15, -0.1) is 0 Å². The van der Waals surface area contributed by atoms with E-state index in [4.69, 9.17) is 10.5 Å². The number of benzene rings is 2. The Morgan fingerprint density at radius 3 is 2.38 bits per heavy atom. The molecule has 2 aromatic carbocycles. The van der Waals surface area contributed by atoms with E-state index in [1.165, 1.54) is 12.1 Å². The summed E-state index contributed by atoms with van der Waals surface area (Å²) in [6.07, 6.45) is 1.51. The normalized spacial score (nSPS) is 11.6. The summed E-state index contributed by atoms with van der Waals surface area (Å²) in [7, 11) is 0. The summed E-state index contributed by atoms with van der Waals surface area (Å²) in [5.74, 6) is -0.184. The number of rotatable bonds is 9. The molecule has 0 bridgehead atoms. The van der Waals surface area contributed by atoms with Crippen molar-refractivity contribution in [3.8, 4) is 5.75 Å². The van der Waals surface area contributed by atoms with Gasteiger partial charge in [0.15, 0.2) is 0 Å². The molecule has 2 aromatic rings. The molecule has 0 fully saturated rings. The fourth-order valence-electron chi connectivity index (χ4n) is 2.40. The number of hydrogen-bond donors (Lipinski definition) is 3. The van der Waals surface area contributed by atoms with Gasteiger partial charge in [-0.1, -0.05) is 30.3 Å². The SMILES string of the molecule is NC(=O)NC(=O)[C@H](NCCCCOc1ccc(F)cc1)c1ccccc1. The second-order valence-corrected chi connectivity index (χ2v) is 5.66. The first-order valence-corrected chi connectivity index (χ1v) is 8.33. The summed E-state index contributed by atoms with van der Waals surface area (Å²) >= 11 is 0. The number of carbonyl (C=O) groups excluding carboxylic acids is 2. The minimum Gasteiger partial charge on any atom is -0.494 e. The van der Waals surface area contributed by atoms with Crippen molar-refractivity contribution < 1.29 is 18.7 Å². The number of primary amides is 1. The van der Waals surface area contributed by atoms with Crippen LogP contribution in [0.1, 0.15) is 24.4 Å². The highest BCUT2D eigenvalue weighted by Crippen LogP contribution is 2.14. The van der Waals surface area contributed by atoms with Gasteiger partial charge in [-0.2, -0.15) is 0 Å². The number of nitrogens with one attached hydrogen (secondary N) is 2. The average molecular weight is 359 g/mol. The summed E-state index contributed by atoms with van der Waals surface area (Å²) in [5.41, 5.74) is 5.77. The van der Waals surface area contributed by atoms with Crippen molar-refractivity contribution >= 4 is 11.9 Å². The number of carbonyl (C=O) groups is 2. The molecule has 2 rings (SSSR count). The maximum atomic E-state index is 12.8. The molecule has 0 unspecified atom stereocenters. The molecule has 0 aliphatic heterocycles. The first kappa shape index (κ1) is 19.4. The lowest BCUT2D eigenvalue weighted by molar-refractivity contribution is -0.122.